The van der Waals surface area contributed by atoms with Gasteiger partial charge in [-0.3, -0.25) is 9.88 Å². The van der Waals surface area contributed by atoms with Crippen molar-refractivity contribution in [3.05, 3.63) is 52.0 Å². The molecule has 3 nitrogen and oxygen atoms in total. The standard InChI is InChI=1S/C16H23N3S/c1-13(10-16-8-5-9-20-16)19(3)12-15-7-4-6-14(18-15)11-17-2/h4-9,13,17H,10-12H2,1-3H3. The van der Waals surface area contributed by atoms with E-state index in [-0.39, 0.29) is 0 Å². The van der Waals surface area contributed by atoms with Crippen LogP contribution in [-0.4, -0.2) is 30.0 Å². The van der Waals surface area contributed by atoms with Crippen LogP contribution in [0, 0.1) is 0 Å². The van der Waals surface area contributed by atoms with Crippen LogP contribution < -0.4 is 5.32 Å². The fraction of sp³-hybridized carbons (Fsp3) is 0.438. The molecule has 0 aliphatic heterocycles. The quantitative estimate of drug-likeness (QED) is 0.849. The van der Waals surface area contributed by atoms with Gasteiger partial charge in [0.05, 0.1) is 11.4 Å². The predicted molar refractivity (Wildman–Crippen MR) is 86.0 cm³/mol. The first-order valence-corrected chi connectivity index (χ1v) is 7.89. The molecule has 108 valence electrons. The van der Waals surface area contributed by atoms with E-state index in [1.165, 1.54) is 4.88 Å². The van der Waals surface area contributed by atoms with Crippen LogP contribution in [0.4, 0.5) is 0 Å². The van der Waals surface area contributed by atoms with Gasteiger partial charge in [-0.2, -0.15) is 0 Å². The van der Waals surface area contributed by atoms with Gasteiger partial charge in [0.15, 0.2) is 0 Å². The maximum absolute atomic E-state index is 4.68. The van der Waals surface area contributed by atoms with Gasteiger partial charge in [-0.25, -0.2) is 0 Å². The summed E-state index contributed by atoms with van der Waals surface area (Å²) < 4.78 is 0. The Bertz CT molecular complexity index is 510. The predicted octanol–water partition coefficient (Wildman–Crippen LogP) is 2.93. The third-order valence-electron chi connectivity index (χ3n) is 3.46. The zero-order valence-corrected chi connectivity index (χ0v) is 13.3. The molecular weight excluding hydrogens is 266 g/mol. The van der Waals surface area contributed by atoms with E-state index >= 15 is 0 Å². The fourth-order valence-corrected chi connectivity index (χ4v) is 3.01. The van der Waals surface area contributed by atoms with E-state index in [4.69, 9.17) is 0 Å². The monoisotopic (exact) mass is 289 g/mol. The molecule has 0 aliphatic rings. The van der Waals surface area contributed by atoms with Crippen molar-refractivity contribution in [2.45, 2.75) is 32.5 Å². The van der Waals surface area contributed by atoms with Crippen LogP contribution in [0.1, 0.15) is 23.2 Å². The van der Waals surface area contributed by atoms with E-state index in [2.05, 4.69) is 64.9 Å². The molecule has 4 heteroatoms. The third-order valence-corrected chi connectivity index (χ3v) is 4.36. The maximum Gasteiger partial charge on any atom is 0.0547 e. The SMILES string of the molecule is CNCc1cccc(CN(C)C(C)Cc2cccs2)n1. The highest BCUT2D eigenvalue weighted by molar-refractivity contribution is 7.09. The summed E-state index contributed by atoms with van der Waals surface area (Å²) in [6.07, 6.45) is 1.10. The average Bonchev–Trinajstić information content (AvgIpc) is 2.92. The minimum atomic E-state index is 0.517. The van der Waals surface area contributed by atoms with Crippen molar-refractivity contribution in [3.8, 4) is 0 Å². The van der Waals surface area contributed by atoms with E-state index in [9.17, 15) is 0 Å². The number of thiophene rings is 1. The minimum Gasteiger partial charge on any atom is -0.314 e. The van der Waals surface area contributed by atoms with E-state index < -0.39 is 0 Å². The summed E-state index contributed by atoms with van der Waals surface area (Å²) in [7, 11) is 4.12. The Balaban J connectivity index is 1.92. The normalized spacial score (nSPS) is 12.8. The molecule has 0 aromatic carbocycles. The van der Waals surface area contributed by atoms with Crippen LogP contribution in [0.5, 0.6) is 0 Å². The highest BCUT2D eigenvalue weighted by atomic mass is 32.1. The van der Waals surface area contributed by atoms with Crippen LogP contribution in [0.25, 0.3) is 0 Å². The Morgan fingerprint density at radius 2 is 2.05 bits per heavy atom. The molecule has 1 unspecified atom stereocenters. The summed E-state index contributed by atoms with van der Waals surface area (Å²) in [5.41, 5.74) is 2.24. The van der Waals surface area contributed by atoms with Gasteiger partial charge in [-0.15, -0.1) is 11.3 Å². The van der Waals surface area contributed by atoms with Crippen molar-refractivity contribution in [2.75, 3.05) is 14.1 Å². The third kappa shape index (κ3) is 4.40. The second-order valence-electron chi connectivity index (χ2n) is 5.20. The summed E-state index contributed by atoms with van der Waals surface area (Å²) in [5.74, 6) is 0. The number of hydrogen-bond acceptors (Lipinski definition) is 4. The lowest BCUT2D eigenvalue weighted by Gasteiger charge is -2.24. The van der Waals surface area contributed by atoms with Crippen LogP contribution in [0.2, 0.25) is 0 Å². The molecule has 0 radical (unpaired) electrons. The lowest BCUT2D eigenvalue weighted by Crippen LogP contribution is -2.30. The minimum absolute atomic E-state index is 0.517. The Kier molecular flexibility index (Phi) is 5.71. The molecule has 0 aliphatic carbocycles. The van der Waals surface area contributed by atoms with Crippen LogP contribution >= 0.6 is 11.3 Å². The molecule has 0 saturated heterocycles. The van der Waals surface area contributed by atoms with E-state index in [1.54, 1.807) is 0 Å². The first kappa shape index (κ1) is 15.2. The molecule has 2 heterocycles. The van der Waals surface area contributed by atoms with E-state index in [0.717, 1.165) is 30.9 Å². The highest BCUT2D eigenvalue weighted by Gasteiger charge is 2.11. The molecule has 0 spiro atoms. The molecule has 1 atom stereocenters. The van der Waals surface area contributed by atoms with Crippen molar-refractivity contribution in [1.82, 2.24) is 15.2 Å². The maximum atomic E-state index is 4.68. The second kappa shape index (κ2) is 7.53. The molecular formula is C16H23N3S. The van der Waals surface area contributed by atoms with Gasteiger partial charge in [0, 0.05) is 24.0 Å². The lowest BCUT2D eigenvalue weighted by molar-refractivity contribution is 0.246. The van der Waals surface area contributed by atoms with Crippen molar-refractivity contribution in [1.29, 1.82) is 0 Å². The Labute approximate surface area is 125 Å². The molecule has 2 aromatic heterocycles. The molecule has 0 bridgehead atoms. The Hall–Kier alpha value is -1.23. The van der Waals surface area contributed by atoms with Crippen molar-refractivity contribution in [2.24, 2.45) is 0 Å². The molecule has 1 N–H and O–H groups in total. The van der Waals surface area contributed by atoms with E-state index in [0.29, 0.717) is 6.04 Å². The van der Waals surface area contributed by atoms with Crippen LogP contribution in [-0.2, 0) is 19.5 Å². The molecule has 20 heavy (non-hydrogen) atoms. The zero-order valence-electron chi connectivity index (χ0n) is 12.5. The number of likely N-dealkylation sites (N-methyl/N-ethyl adjacent to an activating group) is 1. The summed E-state index contributed by atoms with van der Waals surface area (Å²) >= 11 is 1.83. The van der Waals surface area contributed by atoms with Gasteiger partial charge in [-0.1, -0.05) is 12.1 Å². The summed E-state index contributed by atoms with van der Waals surface area (Å²) in [6.45, 7) is 3.99. The van der Waals surface area contributed by atoms with Gasteiger partial charge in [0.1, 0.15) is 0 Å². The molecule has 2 aromatic rings. The number of nitrogens with zero attached hydrogens (tertiary/aromatic N) is 2. The largest absolute Gasteiger partial charge is 0.314 e. The van der Waals surface area contributed by atoms with Gasteiger partial charge >= 0.3 is 0 Å². The smallest absolute Gasteiger partial charge is 0.0547 e. The average molecular weight is 289 g/mol. The van der Waals surface area contributed by atoms with Crippen molar-refractivity contribution in [3.63, 3.8) is 0 Å². The highest BCUT2D eigenvalue weighted by Crippen LogP contribution is 2.14. The number of nitrogens with one attached hydrogen (secondary N) is 1. The van der Waals surface area contributed by atoms with Gasteiger partial charge in [0.2, 0.25) is 0 Å². The van der Waals surface area contributed by atoms with Gasteiger partial charge in [0.25, 0.3) is 0 Å². The Morgan fingerprint density at radius 3 is 2.75 bits per heavy atom. The molecule has 2 rings (SSSR count). The summed E-state index contributed by atoms with van der Waals surface area (Å²) in [6, 6.07) is 11.1. The molecule has 0 amide bonds. The van der Waals surface area contributed by atoms with Gasteiger partial charge in [-0.05, 0) is 51.0 Å². The fourth-order valence-electron chi connectivity index (χ4n) is 2.18. The number of aromatic nitrogens is 1. The number of pyridine rings is 1. The van der Waals surface area contributed by atoms with Gasteiger partial charge < -0.3 is 5.32 Å². The topological polar surface area (TPSA) is 28.2 Å². The summed E-state index contributed by atoms with van der Waals surface area (Å²) in [4.78, 5) is 8.49. The Morgan fingerprint density at radius 1 is 1.25 bits per heavy atom. The van der Waals surface area contributed by atoms with Crippen LogP contribution in [0.15, 0.2) is 35.7 Å². The number of rotatable bonds is 7. The number of hydrogen-bond donors (Lipinski definition) is 1. The molecule has 0 fully saturated rings. The van der Waals surface area contributed by atoms with Crippen molar-refractivity contribution >= 4 is 11.3 Å². The first-order chi connectivity index (χ1) is 9.69. The first-order valence-electron chi connectivity index (χ1n) is 7.01. The summed E-state index contributed by atoms with van der Waals surface area (Å²) in [5, 5.41) is 5.29. The van der Waals surface area contributed by atoms with E-state index in [1.807, 2.05) is 18.4 Å². The molecule has 0 saturated carbocycles. The zero-order chi connectivity index (χ0) is 14.4. The van der Waals surface area contributed by atoms with Crippen LogP contribution in [0.3, 0.4) is 0 Å². The lowest BCUT2D eigenvalue weighted by atomic mass is 10.1. The van der Waals surface area contributed by atoms with Crippen molar-refractivity contribution < 1.29 is 0 Å². The second-order valence-corrected chi connectivity index (χ2v) is 6.23.